The summed E-state index contributed by atoms with van der Waals surface area (Å²) in [5.41, 5.74) is 0. The maximum absolute atomic E-state index is 10.8. The van der Waals surface area contributed by atoms with E-state index in [0.717, 1.165) is 0 Å². The minimum atomic E-state index is -4.03. The minimum Gasteiger partial charge on any atom is -0.394 e. The van der Waals surface area contributed by atoms with Crippen molar-refractivity contribution in [3.8, 4) is 0 Å². The van der Waals surface area contributed by atoms with Crippen molar-refractivity contribution in [3.05, 3.63) is 0 Å². The molecule has 0 rings (SSSR count). The van der Waals surface area contributed by atoms with Crippen LogP contribution >= 0.6 is 7.82 Å². The van der Waals surface area contributed by atoms with Gasteiger partial charge >= 0.3 is 7.82 Å². The van der Waals surface area contributed by atoms with Crippen molar-refractivity contribution < 1.29 is 28.7 Å². The normalized spacial score (nSPS) is 18.7. The van der Waals surface area contributed by atoms with Crippen molar-refractivity contribution in [2.24, 2.45) is 0 Å². The maximum Gasteiger partial charge on any atom is 0.472 e. The van der Waals surface area contributed by atoms with Gasteiger partial charge in [-0.2, -0.15) is 0 Å². The molecule has 6 nitrogen and oxygen atoms in total. The standard InChI is InChI=1S/C5H13O6P/c1-2-10-12(8,9)11-4-5(7)3-6/h5-7H,2-4H2,1H3,(H,8,9). The molecule has 0 amide bonds. The van der Waals surface area contributed by atoms with Crippen LogP contribution in [-0.4, -0.2) is 41.0 Å². The van der Waals surface area contributed by atoms with E-state index in [1.165, 1.54) is 6.92 Å². The van der Waals surface area contributed by atoms with Crippen molar-refractivity contribution in [2.45, 2.75) is 13.0 Å². The van der Waals surface area contributed by atoms with Crippen LogP contribution in [0.3, 0.4) is 0 Å². The second kappa shape index (κ2) is 5.64. The Bertz CT molecular complexity index is 160. The molecule has 0 heterocycles. The van der Waals surface area contributed by atoms with Gasteiger partial charge in [0, 0.05) is 0 Å². The van der Waals surface area contributed by atoms with Crippen LogP contribution in [0.15, 0.2) is 0 Å². The number of phosphoric acid groups is 1. The van der Waals surface area contributed by atoms with E-state index in [9.17, 15) is 4.57 Å². The first kappa shape index (κ1) is 12.0. The third-order valence-corrected chi connectivity index (χ3v) is 1.99. The van der Waals surface area contributed by atoms with Gasteiger partial charge in [-0.25, -0.2) is 4.57 Å². The zero-order chi connectivity index (χ0) is 9.61. The molecule has 2 atom stereocenters. The number of hydrogen-bond donors (Lipinski definition) is 3. The first-order valence-electron chi connectivity index (χ1n) is 3.42. The molecule has 0 aromatic carbocycles. The van der Waals surface area contributed by atoms with Gasteiger partial charge in [0.1, 0.15) is 6.10 Å². The van der Waals surface area contributed by atoms with E-state index >= 15 is 0 Å². The Hall–Kier alpha value is 0.0300. The molecule has 0 spiro atoms. The molecule has 0 saturated heterocycles. The van der Waals surface area contributed by atoms with Gasteiger partial charge in [0.05, 0.1) is 19.8 Å². The van der Waals surface area contributed by atoms with Crippen LogP contribution < -0.4 is 0 Å². The van der Waals surface area contributed by atoms with Crippen LogP contribution in [0, 0.1) is 0 Å². The first-order valence-corrected chi connectivity index (χ1v) is 4.92. The lowest BCUT2D eigenvalue weighted by molar-refractivity contribution is 0.0370. The van der Waals surface area contributed by atoms with E-state index in [2.05, 4.69) is 9.05 Å². The number of rotatable bonds is 6. The third-order valence-electron chi connectivity index (χ3n) is 0.933. The Morgan fingerprint density at radius 1 is 1.50 bits per heavy atom. The third kappa shape index (κ3) is 5.65. The van der Waals surface area contributed by atoms with Crippen molar-refractivity contribution in [2.75, 3.05) is 19.8 Å². The van der Waals surface area contributed by atoms with Gasteiger partial charge in [0.2, 0.25) is 0 Å². The van der Waals surface area contributed by atoms with Crippen LogP contribution in [0.5, 0.6) is 0 Å². The fraction of sp³-hybridized carbons (Fsp3) is 1.00. The summed E-state index contributed by atoms with van der Waals surface area (Å²) in [6, 6.07) is 0. The molecule has 7 heteroatoms. The second-order valence-corrected chi connectivity index (χ2v) is 3.47. The lowest BCUT2D eigenvalue weighted by atomic mass is 10.4. The molecule has 2 unspecified atom stereocenters. The minimum absolute atomic E-state index is 0.0446. The lowest BCUT2D eigenvalue weighted by Gasteiger charge is -2.12. The topological polar surface area (TPSA) is 96.2 Å². The molecule has 0 aromatic rings. The highest BCUT2D eigenvalue weighted by Gasteiger charge is 2.21. The van der Waals surface area contributed by atoms with Gasteiger partial charge in [-0.3, -0.25) is 9.05 Å². The number of aliphatic hydroxyl groups excluding tert-OH is 2. The summed E-state index contributed by atoms with van der Waals surface area (Å²) < 4.78 is 19.4. The molecule has 12 heavy (non-hydrogen) atoms. The number of aliphatic hydroxyl groups is 2. The van der Waals surface area contributed by atoms with Crippen molar-refractivity contribution >= 4 is 7.82 Å². The van der Waals surface area contributed by atoms with Gasteiger partial charge < -0.3 is 15.1 Å². The Morgan fingerprint density at radius 2 is 2.08 bits per heavy atom. The molecule has 0 aliphatic carbocycles. The summed E-state index contributed by atoms with van der Waals surface area (Å²) in [7, 11) is -4.03. The molecular formula is C5H13O6P. The Kier molecular flexibility index (Phi) is 5.65. The van der Waals surface area contributed by atoms with E-state index < -0.39 is 27.1 Å². The van der Waals surface area contributed by atoms with Crippen LogP contribution in [0.2, 0.25) is 0 Å². The molecular weight excluding hydrogens is 187 g/mol. The maximum atomic E-state index is 10.8. The highest BCUT2D eigenvalue weighted by atomic mass is 31.2. The van der Waals surface area contributed by atoms with Gasteiger partial charge in [-0.15, -0.1) is 0 Å². The fourth-order valence-electron chi connectivity index (χ4n) is 0.433. The van der Waals surface area contributed by atoms with E-state index in [1.54, 1.807) is 0 Å². The summed E-state index contributed by atoms with van der Waals surface area (Å²) in [4.78, 5) is 8.78. The van der Waals surface area contributed by atoms with E-state index in [4.69, 9.17) is 15.1 Å². The molecule has 0 fully saturated rings. The SMILES string of the molecule is CCOP(=O)(O)OCC(O)CO. The van der Waals surface area contributed by atoms with Crippen LogP contribution in [0.25, 0.3) is 0 Å². The monoisotopic (exact) mass is 200 g/mol. The van der Waals surface area contributed by atoms with E-state index in [0.29, 0.717) is 0 Å². The van der Waals surface area contributed by atoms with E-state index in [1.807, 2.05) is 0 Å². The average molecular weight is 200 g/mol. The van der Waals surface area contributed by atoms with Gasteiger partial charge in [-0.05, 0) is 6.92 Å². The Labute approximate surface area is 70.4 Å². The zero-order valence-electron chi connectivity index (χ0n) is 6.71. The first-order chi connectivity index (χ1) is 5.52. The Balaban J connectivity index is 3.67. The van der Waals surface area contributed by atoms with Crippen molar-refractivity contribution in [3.63, 3.8) is 0 Å². The van der Waals surface area contributed by atoms with Crippen molar-refractivity contribution in [1.82, 2.24) is 0 Å². The summed E-state index contributed by atoms with van der Waals surface area (Å²) in [6.07, 6.45) is -1.16. The summed E-state index contributed by atoms with van der Waals surface area (Å²) >= 11 is 0. The molecule has 0 aliphatic heterocycles. The predicted molar refractivity (Wildman–Crippen MR) is 40.5 cm³/mol. The van der Waals surface area contributed by atoms with Crippen LogP contribution in [-0.2, 0) is 13.6 Å². The smallest absolute Gasteiger partial charge is 0.394 e. The molecule has 3 N–H and O–H groups in total. The highest BCUT2D eigenvalue weighted by molar-refractivity contribution is 7.47. The molecule has 0 bridgehead atoms. The lowest BCUT2D eigenvalue weighted by Crippen LogP contribution is -2.18. The Morgan fingerprint density at radius 3 is 2.50 bits per heavy atom. The summed E-state index contributed by atoms with van der Waals surface area (Å²) in [5, 5.41) is 17.0. The number of hydrogen-bond acceptors (Lipinski definition) is 5. The summed E-state index contributed by atoms with van der Waals surface area (Å²) in [6.45, 7) is 0.633. The van der Waals surface area contributed by atoms with Crippen molar-refractivity contribution in [1.29, 1.82) is 0 Å². The quantitative estimate of drug-likeness (QED) is 0.500. The molecule has 0 aliphatic rings. The van der Waals surface area contributed by atoms with Gasteiger partial charge in [0.15, 0.2) is 0 Å². The largest absolute Gasteiger partial charge is 0.472 e. The molecule has 74 valence electrons. The molecule has 0 saturated carbocycles. The average Bonchev–Trinajstić information content (AvgIpc) is 2.00. The molecule has 0 aromatic heterocycles. The highest BCUT2D eigenvalue weighted by Crippen LogP contribution is 2.42. The zero-order valence-corrected chi connectivity index (χ0v) is 7.61. The summed E-state index contributed by atoms with van der Waals surface area (Å²) in [5.74, 6) is 0. The van der Waals surface area contributed by atoms with Gasteiger partial charge in [0.25, 0.3) is 0 Å². The fourth-order valence-corrected chi connectivity index (χ4v) is 1.19. The number of phosphoric ester groups is 1. The van der Waals surface area contributed by atoms with E-state index in [-0.39, 0.29) is 6.61 Å². The predicted octanol–water partition coefficient (Wildman–Crippen LogP) is -0.507. The van der Waals surface area contributed by atoms with Gasteiger partial charge in [-0.1, -0.05) is 0 Å². The molecule has 0 radical (unpaired) electrons. The second-order valence-electron chi connectivity index (χ2n) is 2.02. The van der Waals surface area contributed by atoms with Crippen LogP contribution in [0.4, 0.5) is 0 Å². The van der Waals surface area contributed by atoms with Crippen LogP contribution in [0.1, 0.15) is 6.92 Å².